The molecule has 2 aromatic carbocycles. The van der Waals surface area contributed by atoms with E-state index in [2.05, 4.69) is 35.4 Å². The number of nitrogens with zero attached hydrogens (tertiary/aromatic N) is 2. The third-order valence-corrected chi connectivity index (χ3v) is 4.27. The minimum Gasteiger partial charge on any atom is -0.383 e. The minimum absolute atomic E-state index is 0.734. The van der Waals surface area contributed by atoms with Crippen LogP contribution in [0.1, 0.15) is 23.6 Å². The second-order valence-corrected chi connectivity index (χ2v) is 6.12. The summed E-state index contributed by atoms with van der Waals surface area (Å²) in [5, 5.41) is 4.19. The van der Waals surface area contributed by atoms with Gasteiger partial charge in [0.1, 0.15) is 0 Å². The normalized spacial score (nSPS) is 14.8. The van der Waals surface area contributed by atoms with Gasteiger partial charge in [-0.3, -0.25) is 9.98 Å². The van der Waals surface area contributed by atoms with Crippen LogP contribution >= 0.6 is 11.6 Å². The second-order valence-electron chi connectivity index (χ2n) is 5.68. The molecule has 0 aromatic heterocycles. The highest BCUT2D eigenvalue weighted by atomic mass is 35.5. The molecule has 122 valence electrons. The molecule has 1 N–H and O–H groups in total. The van der Waals surface area contributed by atoms with Crippen molar-refractivity contribution in [3.63, 3.8) is 0 Å². The Bertz CT molecular complexity index is 817. The summed E-state index contributed by atoms with van der Waals surface area (Å²) in [5.41, 5.74) is 6.65. The molecule has 0 saturated carbocycles. The van der Waals surface area contributed by atoms with E-state index in [9.17, 15) is 0 Å². The molecule has 0 aliphatic carbocycles. The lowest BCUT2D eigenvalue weighted by Gasteiger charge is -2.13. The molecule has 0 bridgehead atoms. The molecular weight excluding hydrogens is 318 g/mol. The van der Waals surface area contributed by atoms with Crippen molar-refractivity contribution in [2.24, 2.45) is 9.98 Å². The van der Waals surface area contributed by atoms with Crippen molar-refractivity contribution < 1.29 is 0 Å². The van der Waals surface area contributed by atoms with Gasteiger partial charge in [-0.2, -0.15) is 0 Å². The summed E-state index contributed by atoms with van der Waals surface area (Å²) in [6.07, 6.45) is 3.83. The summed E-state index contributed by atoms with van der Waals surface area (Å²) >= 11 is 6.03. The highest BCUT2D eigenvalue weighted by Gasteiger charge is 2.15. The number of allylic oxidation sites excluding steroid dienone is 2. The van der Waals surface area contributed by atoms with Gasteiger partial charge in [0.25, 0.3) is 0 Å². The predicted octanol–water partition coefficient (Wildman–Crippen LogP) is 4.71. The van der Waals surface area contributed by atoms with Crippen LogP contribution in [0.4, 0.5) is 5.69 Å². The van der Waals surface area contributed by atoms with Crippen molar-refractivity contribution in [2.75, 3.05) is 25.5 Å². The molecule has 4 heteroatoms. The summed E-state index contributed by atoms with van der Waals surface area (Å²) in [7, 11) is 1.77. The Labute approximate surface area is 147 Å². The van der Waals surface area contributed by atoms with E-state index in [-0.39, 0.29) is 0 Å². The molecule has 1 aliphatic heterocycles. The zero-order valence-corrected chi connectivity index (χ0v) is 14.6. The molecule has 0 amide bonds. The molecule has 3 rings (SSSR count). The van der Waals surface area contributed by atoms with Gasteiger partial charge in [0.05, 0.1) is 12.3 Å². The van der Waals surface area contributed by atoms with Crippen LogP contribution in [-0.2, 0) is 0 Å². The van der Waals surface area contributed by atoms with Crippen molar-refractivity contribution in [3.05, 3.63) is 70.3 Å². The van der Waals surface area contributed by atoms with Crippen molar-refractivity contribution >= 4 is 34.8 Å². The second kappa shape index (κ2) is 7.45. The van der Waals surface area contributed by atoms with E-state index < -0.39 is 0 Å². The molecule has 0 saturated heterocycles. The van der Waals surface area contributed by atoms with E-state index in [0.29, 0.717) is 0 Å². The maximum absolute atomic E-state index is 6.03. The molecule has 2 aromatic rings. The fourth-order valence-corrected chi connectivity index (χ4v) is 2.85. The number of benzene rings is 2. The molecule has 0 unspecified atom stereocenters. The summed E-state index contributed by atoms with van der Waals surface area (Å²) in [4.78, 5) is 8.82. The van der Waals surface area contributed by atoms with Crippen LogP contribution in [0.5, 0.6) is 0 Å². The van der Waals surface area contributed by atoms with Crippen LogP contribution in [0.3, 0.4) is 0 Å². The Morgan fingerprint density at radius 3 is 2.75 bits per heavy atom. The van der Waals surface area contributed by atoms with Gasteiger partial charge < -0.3 is 5.32 Å². The molecular formula is C20H20ClN3. The Balaban J connectivity index is 2.08. The number of halogens is 1. The van der Waals surface area contributed by atoms with Gasteiger partial charge >= 0.3 is 0 Å². The highest BCUT2D eigenvalue weighted by Crippen LogP contribution is 2.27. The lowest BCUT2D eigenvalue weighted by atomic mass is 9.96. The molecule has 0 fully saturated rings. The molecule has 3 nitrogen and oxygen atoms in total. The monoisotopic (exact) mass is 337 g/mol. The number of anilines is 1. The van der Waals surface area contributed by atoms with Crippen LogP contribution in [0, 0.1) is 0 Å². The minimum atomic E-state index is 0.734. The fourth-order valence-electron chi connectivity index (χ4n) is 2.72. The fraction of sp³-hybridized carbons (Fsp3) is 0.200. The summed E-state index contributed by atoms with van der Waals surface area (Å²) < 4.78 is 0. The average Bonchev–Trinajstić information content (AvgIpc) is 2.82. The Morgan fingerprint density at radius 1 is 1.21 bits per heavy atom. The lowest BCUT2D eigenvalue weighted by molar-refractivity contribution is 1.04. The molecule has 0 spiro atoms. The van der Waals surface area contributed by atoms with Crippen molar-refractivity contribution in [1.29, 1.82) is 0 Å². The topological polar surface area (TPSA) is 36.8 Å². The zero-order valence-electron chi connectivity index (χ0n) is 13.9. The molecule has 1 aliphatic rings. The average molecular weight is 338 g/mol. The van der Waals surface area contributed by atoms with Crippen LogP contribution in [0.2, 0.25) is 5.02 Å². The Morgan fingerprint density at radius 2 is 2.00 bits per heavy atom. The number of hydrogen-bond acceptors (Lipinski definition) is 3. The maximum Gasteiger partial charge on any atom is 0.0740 e. The van der Waals surface area contributed by atoms with Gasteiger partial charge in [0.2, 0.25) is 0 Å². The highest BCUT2D eigenvalue weighted by molar-refractivity contribution is 6.30. The van der Waals surface area contributed by atoms with Crippen LogP contribution in [0.25, 0.3) is 5.57 Å². The van der Waals surface area contributed by atoms with E-state index in [0.717, 1.165) is 40.6 Å². The van der Waals surface area contributed by atoms with E-state index in [1.807, 2.05) is 36.6 Å². The van der Waals surface area contributed by atoms with Crippen molar-refractivity contribution in [2.45, 2.75) is 6.92 Å². The smallest absolute Gasteiger partial charge is 0.0740 e. The number of fused-ring (bicyclic) bond motifs is 1. The van der Waals surface area contributed by atoms with E-state index in [1.54, 1.807) is 7.05 Å². The van der Waals surface area contributed by atoms with E-state index in [4.69, 9.17) is 16.6 Å². The van der Waals surface area contributed by atoms with Gasteiger partial charge in [-0.1, -0.05) is 29.8 Å². The van der Waals surface area contributed by atoms with Gasteiger partial charge in [-0.15, -0.1) is 0 Å². The van der Waals surface area contributed by atoms with E-state index in [1.165, 1.54) is 11.1 Å². The number of hydrogen-bond donors (Lipinski definition) is 1. The molecule has 24 heavy (non-hydrogen) atoms. The maximum atomic E-state index is 6.03. The van der Waals surface area contributed by atoms with Gasteiger partial charge in [0, 0.05) is 41.6 Å². The van der Waals surface area contributed by atoms with Crippen LogP contribution in [0.15, 0.2) is 58.5 Å². The Kier molecular flexibility index (Phi) is 5.11. The zero-order chi connectivity index (χ0) is 16.9. The quantitative estimate of drug-likeness (QED) is 0.809. The molecule has 1 heterocycles. The van der Waals surface area contributed by atoms with Crippen molar-refractivity contribution in [1.82, 2.24) is 0 Å². The van der Waals surface area contributed by atoms with Crippen LogP contribution < -0.4 is 5.32 Å². The summed E-state index contributed by atoms with van der Waals surface area (Å²) in [6, 6.07) is 14.3. The van der Waals surface area contributed by atoms with E-state index >= 15 is 0 Å². The number of benzodiazepines with no additional fused rings is 1. The lowest BCUT2D eigenvalue weighted by Crippen LogP contribution is -2.06. The number of rotatable bonds is 3. The van der Waals surface area contributed by atoms with Gasteiger partial charge in [-0.05, 0) is 48.4 Å². The Hall–Kier alpha value is -2.39. The first-order valence-corrected chi connectivity index (χ1v) is 8.35. The third-order valence-electron chi connectivity index (χ3n) is 4.02. The van der Waals surface area contributed by atoms with Gasteiger partial charge in [0.15, 0.2) is 0 Å². The summed E-state index contributed by atoms with van der Waals surface area (Å²) in [5.74, 6) is 0. The SMILES string of the molecule is CN=C/C=C(\C)c1ccc2c(c1)C(c1ccc(Cl)cc1)=NCCN2. The molecule has 0 atom stereocenters. The van der Waals surface area contributed by atoms with Crippen LogP contribution in [-0.4, -0.2) is 32.1 Å². The number of aliphatic imine (C=N–C) groups is 2. The van der Waals surface area contributed by atoms with Crippen molar-refractivity contribution in [3.8, 4) is 0 Å². The first kappa shape index (κ1) is 16.5. The largest absolute Gasteiger partial charge is 0.383 e. The first-order chi connectivity index (χ1) is 11.7. The van der Waals surface area contributed by atoms with Gasteiger partial charge in [-0.25, -0.2) is 0 Å². The molecule has 0 radical (unpaired) electrons. The first-order valence-electron chi connectivity index (χ1n) is 7.97. The third kappa shape index (κ3) is 3.57. The number of nitrogens with one attached hydrogen (secondary N) is 1. The standard InChI is InChI=1S/C20H20ClN3/c1-14(9-10-22-2)16-5-8-19-18(13-16)20(24-12-11-23-19)15-3-6-17(21)7-4-15/h3-10,13,23H,11-12H2,1-2H3/b14-9+,22-10?. The summed E-state index contributed by atoms with van der Waals surface area (Å²) in [6.45, 7) is 3.67. The predicted molar refractivity (Wildman–Crippen MR) is 105 cm³/mol.